The maximum atomic E-state index is 12.2. The average molecular weight is 465 g/mol. The van der Waals surface area contributed by atoms with Gasteiger partial charge in [-0.05, 0) is 45.0 Å². The number of aliphatic hydroxyl groups excluding tert-OH is 1. The summed E-state index contributed by atoms with van der Waals surface area (Å²) in [5.74, 6) is -0.580. The number of nitrogens with one attached hydrogen (secondary N) is 2. The van der Waals surface area contributed by atoms with Crippen LogP contribution in [0.2, 0.25) is 10.0 Å². The molecule has 8 nitrogen and oxygen atoms in total. The first-order valence-corrected chi connectivity index (χ1v) is 10.8. The standard InChI is InChI=1S/C18H22Cl2N2O6S/c1-18(2,3)22-29(25,26)15-8-7-14(28-15)17(24)21-9-11(23)10-27-13-6-4-5-12(19)16(13)20/h4-8,11,22-23H,9-10H2,1-3H3,(H,21,24). The molecular formula is C18H22Cl2N2O6S. The Hall–Kier alpha value is -1.78. The molecule has 1 unspecified atom stereocenters. The van der Waals surface area contributed by atoms with Gasteiger partial charge in [0.2, 0.25) is 5.09 Å². The van der Waals surface area contributed by atoms with Gasteiger partial charge in [-0.3, -0.25) is 4.79 Å². The highest BCUT2D eigenvalue weighted by Crippen LogP contribution is 2.31. The van der Waals surface area contributed by atoms with E-state index in [0.29, 0.717) is 10.8 Å². The van der Waals surface area contributed by atoms with Crippen LogP contribution in [0.25, 0.3) is 0 Å². The summed E-state index contributed by atoms with van der Waals surface area (Å²) in [5.41, 5.74) is -0.704. The number of furan rings is 1. The number of amides is 1. The van der Waals surface area contributed by atoms with E-state index in [1.807, 2.05) is 0 Å². The van der Waals surface area contributed by atoms with Crippen molar-refractivity contribution in [3.05, 3.63) is 46.1 Å². The molecule has 0 bridgehead atoms. The fourth-order valence-corrected chi connectivity index (χ4v) is 3.88. The topological polar surface area (TPSA) is 118 Å². The minimum absolute atomic E-state index is 0.145. The summed E-state index contributed by atoms with van der Waals surface area (Å²) in [6.07, 6.45) is -1.05. The first-order valence-electron chi connectivity index (χ1n) is 8.56. The molecule has 0 spiro atoms. The van der Waals surface area contributed by atoms with Crippen molar-refractivity contribution in [3.63, 3.8) is 0 Å². The second-order valence-corrected chi connectivity index (χ2v) is 9.60. The van der Waals surface area contributed by atoms with Crippen LogP contribution in [0, 0.1) is 0 Å². The second-order valence-electron chi connectivity index (χ2n) is 7.20. The number of carbonyl (C=O) groups is 1. The fraction of sp³-hybridized carbons (Fsp3) is 0.389. The lowest BCUT2D eigenvalue weighted by Gasteiger charge is -2.19. The predicted molar refractivity (Wildman–Crippen MR) is 109 cm³/mol. The summed E-state index contributed by atoms with van der Waals surface area (Å²) in [4.78, 5) is 12.1. The van der Waals surface area contributed by atoms with Crippen LogP contribution in [0.15, 0.2) is 39.8 Å². The summed E-state index contributed by atoms with van der Waals surface area (Å²) >= 11 is 11.9. The molecule has 1 aromatic carbocycles. The van der Waals surface area contributed by atoms with Crippen molar-refractivity contribution in [2.45, 2.75) is 37.5 Å². The maximum absolute atomic E-state index is 12.2. The third-order valence-corrected chi connectivity index (χ3v) is 5.79. The van der Waals surface area contributed by atoms with Crippen molar-refractivity contribution in [3.8, 4) is 5.75 Å². The molecule has 1 aromatic heterocycles. The Bertz CT molecular complexity index is 969. The number of ether oxygens (including phenoxy) is 1. The van der Waals surface area contributed by atoms with E-state index < -0.39 is 27.6 Å². The molecule has 11 heteroatoms. The van der Waals surface area contributed by atoms with E-state index in [4.69, 9.17) is 32.4 Å². The highest BCUT2D eigenvalue weighted by Gasteiger charge is 2.26. The smallest absolute Gasteiger partial charge is 0.287 e. The van der Waals surface area contributed by atoms with Gasteiger partial charge in [0.05, 0.1) is 5.02 Å². The lowest BCUT2D eigenvalue weighted by atomic mass is 10.1. The first kappa shape index (κ1) is 23.5. The summed E-state index contributed by atoms with van der Waals surface area (Å²) in [7, 11) is -3.90. The monoisotopic (exact) mass is 464 g/mol. The summed E-state index contributed by atoms with van der Waals surface area (Å²) in [5, 5.41) is 12.6. The third kappa shape index (κ3) is 6.90. The molecule has 1 amide bonds. The molecule has 0 saturated carbocycles. The zero-order chi connectivity index (χ0) is 21.8. The van der Waals surface area contributed by atoms with E-state index in [1.165, 1.54) is 12.1 Å². The number of hydrogen-bond donors (Lipinski definition) is 3. The Kier molecular flexibility index (Phi) is 7.58. The molecule has 160 valence electrons. The number of carbonyl (C=O) groups excluding carboxylic acids is 1. The number of halogens is 2. The molecular weight excluding hydrogens is 443 g/mol. The Morgan fingerprint density at radius 1 is 1.24 bits per heavy atom. The van der Waals surface area contributed by atoms with Gasteiger partial charge in [-0.1, -0.05) is 29.3 Å². The molecule has 1 heterocycles. The van der Waals surface area contributed by atoms with Gasteiger partial charge < -0.3 is 19.6 Å². The van der Waals surface area contributed by atoms with Gasteiger partial charge in [0.25, 0.3) is 15.9 Å². The van der Waals surface area contributed by atoms with Crippen molar-refractivity contribution in [2.75, 3.05) is 13.2 Å². The highest BCUT2D eigenvalue weighted by atomic mass is 35.5. The van der Waals surface area contributed by atoms with Crippen LogP contribution < -0.4 is 14.8 Å². The zero-order valence-electron chi connectivity index (χ0n) is 16.0. The van der Waals surface area contributed by atoms with E-state index in [2.05, 4.69) is 10.0 Å². The van der Waals surface area contributed by atoms with Gasteiger partial charge >= 0.3 is 0 Å². The largest absolute Gasteiger partial charge is 0.489 e. The van der Waals surface area contributed by atoms with E-state index in [0.717, 1.165) is 0 Å². The van der Waals surface area contributed by atoms with Crippen LogP contribution in [0.3, 0.4) is 0 Å². The average Bonchev–Trinajstić information content (AvgIpc) is 3.10. The van der Waals surface area contributed by atoms with Crippen molar-refractivity contribution >= 4 is 39.1 Å². The molecule has 0 aliphatic rings. The molecule has 1 atom stereocenters. The zero-order valence-corrected chi connectivity index (χ0v) is 18.4. The van der Waals surface area contributed by atoms with Crippen LogP contribution in [-0.4, -0.2) is 44.2 Å². The van der Waals surface area contributed by atoms with Gasteiger partial charge in [-0.25, -0.2) is 13.1 Å². The Morgan fingerprint density at radius 2 is 1.93 bits per heavy atom. The molecule has 29 heavy (non-hydrogen) atoms. The Morgan fingerprint density at radius 3 is 2.59 bits per heavy atom. The van der Waals surface area contributed by atoms with Crippen LogP contribution in [0.4, 0.5) is 0 Å². The van der Waals surface area contributed by atoms with Crippen LogP contribution in [0.1, 0.15) is 31.3 Å². The highest BCUT2D eigenvalue weighted by molar-refractivity contribution is 7.89. The van der Waals surface area contributed by atoms with Crippen molar-refractivity contribution in [1.82, 2.24) is 10.0 Å². The van der Waals surface area contributed by atoms with Crippen LogP contribution >= 0.6 is 23.2 Å². The first-order chi connectivity index (χ1) is 13.4. The summed E-state index contributed by atoms with van der Waals surface area (Å²) in [6, 6.07) is 7.26. The second kappa shape index (κ2) is 9.36. The van der Waals surface area contributed by atoms with Gasteiger partial charge in [0.15, 0.2) is 5.76 Å². The predicted octanol–water partition coefficient (Wildman–Crippen LogP) is 2.83. The number of rotatable bonds is 8. The van der Waals surface area contributed by atoms with E-state index in [-0.39, 0.29) is 29.0 Å². The van der Waals surface area contributed by atoms with E-state index >= 15 is 0 Å². The SMILES string of the molecule is CC(C)(C)NS(=O)(=O)c1ccc(C(=O)NCC(O)COc2cccc(Cl)c2Cl)o1. The number of hydrogen-bond acceptors (Lipinski definition) is 6. The number of benzene rings is 1. The Balaban J connectivity index is 1.89. The molecule has 2 rings (SSSR count). The Labute approximate surface area is 179 Å². The molecule has 0 radical (unpaired) electrons. The molecule has 0 saturated heterocycles. The van der Waals surface area contributed by atoms with Gasteiger partial charge in [0.1, 0.15) is 23.5 Å². The number of sulfonamides is 1. The maximum Gasteiger partial charge on any atom is 0.287 e. The molecule has 0 aliphatic carbocycles. The number of aliphatic hydroxyl groups is 1. The minimum Gasteiger partial charge on any atom is -0.489 e. The van der Waals surface area contributed by atoms with E-state index in [9.17, 15) is 18.3 Å². The van der Waals surface area contributed by atoms with Crippen molar-refractivity contribution < 1.29 is 27.5 Å². The minimum atomic E-state index is -3.90. The van der Waals surface area contributed by atoms with Crippen molar-refractivity contribution in [2.24, 2.45) is 0 Å². The van der Waals surface area contributed by atoms with E-state index in [1.54, 1.807) is 39.0 Å². The third-order valence-electron chi connectivity index (χ3n) is 3.36. The summed E-state index contributed by atoms with van der Waals surface area (Å²) < 4.78 is 37.4. The quantitative estimate of drug-likeness (QED) is 0.552. The van der Waals surface area contributed by atoms with Crippen LogP contribution in [0.5, 0.6) is 5.75 Å². The normalized spacial score (nSPS) is 13.2. The van der Waals surface area contributed by atoms with Gasteiger partial charge in [0, 0.05) is 12.1 Å². The van der Waals surface area contributed by atoms with Gasteiger partial charge in [-0.2, -0.15) is 0 Å². The summed E-state index contributed by atoms with van der Waals surface area (Å²) in [6.45, 7) is 4.75. The molecule has 3 N–H and O–H groups in total. The molecule has 0 fully saturated rings. The molecule has 2 aromatic rings. The van der Waals surface area contributed by atoms with Crippen LogP contribution in [-0.2, 0) is 10.0 Å². The molecule has 0 aliphatic heterocycles. The fourth-order valence-electron chi connectivity index (χ4n) is 2.18. The lowest BCUT2D eigenvalue weighted by Crippen LogP contribution is -2.40. The lowest BCUT2D eigenvalue weighted by molar-refractivity contribution is 0.0818. The van der Waals surface area contributed by atoms with Crippen molar-refractivity contribution in [1.29, 1.82) is 0 Å². The van der Waals surface area contributed by atoms with Gasteiger partial charge in [-0.15, -0.1) is 0 Å².